The summed E-state index contributed by atoms with van der Waals surface area (Å²) in [4.78, 5) is 0. The van der Waals surface area contributed by atoms with Crippen molar-refractivity contribution in [2.24, 2.45) is 0 Å². The first-order chi connectivity index (χ1) is 7.13. The molecule has 0 radical (unpaired) electrons. The molecule has 90 valence electrons. The predicted octanol–water partition coefficient (Wildman–Crippen LogP) is 3.04. The zero-order valence-electron chi connectivity index (χ0n) is 10.2. The van der Waals surface area contributed by atoms with Crippen LogP contribution in [0.4, 0.5) is 0 Å². The molecular formula is C13H20BrNO. The van der Waals surface area contributed by atoms with Crippen molar-refractivity contribution in [2.75, 3.05) is 13.7 Å². The van der Waals surface area contributed by atoms with Crippen LogP contribution < -0.4 is 10.1 Å². The zero-order chi connectivity index (χ0) is 10.9. The molecule has 0 spiro atoms. The van der Waals surface area contributed by atoms with E-state index in [4.69, 9.17) is 4.74 Å². The fourth-order valence-electron chi connectivity index (χ4n) is 2.23. The highest BCUT2D eigenvalue weighted by Crippen LogP contribution is 2.33. The van der Waals surface area contributed by atoms with Crippen molar-refractivity contribution in [1.29, 1.82) is 0 Å². The molecule has 0 saturated carbocycles. The van der Waals surface area contributed by atoms with Crippen LogP contribution in [-0.4, -0.2) is 13.7 Å². The molecule has 1 N–H and O–H groups in total. The van der Waals surface area contributed by atoms with Gasteiger partial charge in [-0.2, -0.15) is 0 Å². The topological polar surface area (TPSA) is 21.3 Å². The van der Waals surface area contributed by atoms with E-state index in [1.54, 1.807) is 7.11 Å². The number of nitrogens with one attached hydrogen (secondary N) is 1. The van der Waals surface area contributed by atoms with Crippen LogP contribution in [0.3, 0.4) is 0 Å². The van der Waals surface area contributed by atoms with Gasteiger partial charge < -0.3 is 10.1 Å². The van der Waals surface area contributed by atoms with E-state index in [0.29, 0.717) is 0 Å². The summed E-state index contributed by atoms with van der Waals surface area (Å²) in [7, 11) is 1.73. The summed E-state index contributed by atoms with van der Waals surface area (Å²) in [5.41, 5.74) is 3.07. The third-order valence-electron chi connectivity index (χ3n) is 3.29. The second kappa shape index (κ2) is 5.19. The van der Waals surface area contributed by atoms with Crippen LogP contribution in [0, 0.1) is 0 Å². The first-order valence-electron chi connectivity index (χ1n) is 5.51. The Balaban J connectivity index is 0.00000128. The molecule has 0 saturated heterocycles. The molecule has 2 nitrogen and oxygen atoms in total. The molecule has 0 aliphatic carbocycles. The van der Waals surface area contributed by atoms with Gasteiger partial charge in [0.2, 0.25) is 0 Å². The van der Waals surface area contributed by atoms with Crippen LogP contribution in [0.5, 0.6) is 5.75 Å². The summed E-state index contributed by atoms with van der Waals surface area (Å²) in [6.45, 7) is 6.67. The zero-order valence-corrected chi connectivity index (χ0v) is 11.9. The molecule has 1 aliphatic rings. The molecule has 1 aromatic carbocycles. The van der Waals surface area contributed by atoms with Gasteiger partial charge >= 0.3 is 0 Å². The fraction of sp³-hybridized carbons (Fsp3) is 0.538. The monoisotopic (exact) mass is 285 g/mol. The smallest absolute Gasteiger partial charge is 0.119 e. The lowest BCUT2D eigenvalue weighted by Gasteiger charge is -2.25. The Kier molecular flexibility index (Phi) is 4.39. The van der Waals surface area contributed by atoms with Crippen molar-refractivity contribution in [3.05, 3.63) is 29.3 Å². The Hall–Kier alpha value is -0.540. The van der Waals surface area contributed by atoms with Crippen LogP contribution in [0.25, 0.3) is 0 Å². The van der Waals surface area contributed by atoms with Gasteiger partial charge in [-0.3, -0.25) is 0 Å². The molecule has 0 amide bonds. The normalized spacial score (nSPS) is 17.9. The third kappa shape index (κ3) is 2.58. The molecular weight excluding hydrogens is 266 g/mol. The van der Waals surface area contributed by atoms with E-state index < -0.39 is 0 Å². The van der Waals surface area contributed by atoms with Gasteiger partial charge in [0.1, 0.15) is 5.75 Å². The van der Waals surface area contributed by atoms with Gasteiger partial charge in [-0.25, -0.2) is 0 Å². The number of ether oxygens (including phenoxy) is 1. The van der Waals surface area contributed by atoms with Crippen molar-refractivity contribution in [3.8, 4) is 5.75 Å². The van der Waals surface area contributed by atoms with Crippen LogP contribution in [-0.2, 0) is 12.0 Å². The Bertz CT molecular complexity index is 363. The minimum atomic E-state index is 0. The SMILES string of the molecule is Br.COc1ccc2c(c1)C(C)(C)CCNC2. The average molecular weight is 286 g/mol. The molecule has 0 bridgehead atoms. The van der Waals surface area contributed by atoms with E-state index >= 15 is 0 Å². The van der Waals surface area contributed by atoms with Gasteiger partial charge in [0.25, 0.3) is 0 Å². The molecule has 16 heavy (non-hydrogen) atoms. The molecule has 0 fully saturated rings. The van der Waals surface area contributed by atoms with Crippen LogP contribution in [0.15, 0.2) is 18.2 Å². The van der Waals surface area contributed by atoms with E-state index in [2.05, 4.69) is 31.3 Å². The Morgan fingerprint density at radius 3 is 2.75 bits per heavy atom. The van der Waals surface area contributed by atoms with Crippen molar-refractivity contribution in [1.82, 2.24) is 5.32 Å². The molecule has 1 aromatic rings. The van der Waals surface area contributed by atoms with Gasteiger partial charge in [0.05, 0.1) is 7.11 Å². The summed E-state index contributed by atoms with van der Waals surface area (Å²) < 4.78 is 5.29. The standard InChI is InChI=1S/C13H19NO.BrH/c1-13(2)6-7-14-9-10-4-5-11(15-3)8-12(10)13;/h4-5,8,14H,6-7,9H2,1-3H3;1H. The molecule has 1 aliphatic heterocycles. The molecule has 3 heteroatoms. The minimum Gasteiger partial charge on any atom is -0.497 e. The number of fused-ring (bicyclic) bond motifs is 1. The van der Waals surface area contributed by atoms with Gasteiger partial charge in [0, 0.05) is 6.54 Å². The first-order valence-corrected chi connectivity index (χ1v) is 5.51. The summed E-state index contributed by atoms with van der Waals surface area (Å²) in [5.74, 6) is 0.962. The van der Waals surface area contributed by atoms with Gasteiger partial charge in [0.15, 0.2) is 0 Å². The highest BCUT2D eigenvalue weighted by atomic mass is 79.9. The fourth-order valence-corrected chi connectivity index (χ4v) is 2.23. The summed E-state index contributed by atoms with van der Waals surface area (Å²) in [5, 5.41) is 3.46. The minimum absolute atomic E-state index is 0. The van der Waals surface area contributed by atoms with E-state index in [1.165, 1.54) is 17.5 Å². The first kappa shape index (κ1) is 13.5. The highest BCUT2D eigenvalue weighted by molar-refractivity contribution is 8.93. The molecule has 2 rings (SSSR count). The molecule has 0 unspecified atom stereocenters. The lowest BCUT2D eigenvalue weighted by Crippen LogP contribution is -2.20. The molecule has 0 aromatic heterocycles. The second-order valence-corrected chi connectivity index (χ2v) is 4.83. The summed E-state index contributed by atoms with van der Waals surface area (Å²) in [6, 6.07) is 6.40. The quantitative estimate of drug-likeness (QED) is 0.856. The van der Waals surface area contributed by atoms with Gasteiger partial charge in [-0.1, -0.05) is 19.9 Å². The number of methoxy groups -OCH3 is 1. The van der Waals surface area contributed by atoms with Crippen molar-refractivity contribution in [2.45, 2.75) is 32.2 Å². The summed E-state index contributed by atoms with van der Waals surface area (Å²) >= 11 is 0. The number of hydrogen-bond donors (Lipinski definition) is 1. The highest BCUT2D eigenvalue weighted by Gasteiger charge is 2.25. The number of rotatable bonds is 1. The maximum atomic E-state index is 5.29. The van der Waals surface area contributed by atoms with Gasteiger partial charge in [-0.15, -0.1) is 17.0 Å². The second-order valence-electron chi connectivity index (χ2n) is 4.83. The average Bonchev–Trinajstić information content (AvgIpc) is 2.37. The molecule has 1 heterocycles. The number of hydrogen-bond acceptors (Lipinski definition) is 2. The van der Waals surface area contributed by atoms with E-state index in [-0.39, 0.29) is 22.4 Å². The van der Waals surface area contributed by atoms with E-state index in [0.717, 1.165) is 18.8 Å². The Labute approximate surface area is 108 Å². The van der Waals surface area contributed by atoms with Crippen molar-refractivity contribution < 1.29 is 4.74 Å². The maximum absolute atomic E-state index is 5.29. The van der Waals surface area contributed by atoms with Crippen LogP contribution in [0.1, 0.15) is 31.4 Å². The maximum Gasteiger partial charge on any atom is 0.119 e. The number of halogens is 1. The van der Waals surface area contributed by atoms with Crippen molar-refractivity contribution in [3.63, 3.8) is 0 Å². The Morgan fingerprint density at radius 2 is 2.06 bits per heavy atom. The Morgan fingerprint density at radius 1 is 1.31 bits per heavy atom. The van der Waals surface area contributed by atoms with E-state index in [9.17, 15) is 0 Å². The van der Waals surface area contributed by atoms with Crippen molar-refractivity contribution >= 4 is 17.0 Å². The number of benzene rings is 1. The molecule has 0 atom stereocenters. The van der Waals surface area contributed by atoms with Crippen LogP contribution in [0.2, 0.25) is 0 Å². The lowest BCUT2D eigenvalue weighted by atomic mass is 9.80. The largest absolute Gasteiger partial charge is 0.497 e. The van der Waals surface area contributed by atoms with E-state index in [1.807, 2.05) is 6.07 Å². The predicted molar refractivity (Wildman–Crippen MR) is 72.7 cm³/mol. The lowest BCUT2D eigenvalue weighted by molar-refractivity contribution is 0.410. The van der Waals surface area contributed by atoms with Crippen LogP contribution >= 0.6 is 17.0 Å². The summed E-state index contributed by atoms with van der Waals surface area (Å²) in [6.07, 6.45) is 1.17. The van der Waals surface area contributed by atoms with Gasteiger partial charge in [-0.05, 0) is 41.6 Å². The third-order valence-corrected chi connectivity index (χ3v) is 3.29.